The number of amides is 1. The molecule has 1 unspecified atom stereocenters. The molecule has 0 spiro atoms. The van der Waals surface area contributed by atoms with Crippen molar-refractivity contribution in [2.24, 2.45) is 17.4 Å². The summed E-state index contributed by atoms with van der Waals surface area (Å²) < 4.78 is 43.1. The Morgan fingerprint density at radius 1 is 1.10 bits per heavy atom. The minimum Gasteiger partial charge on any atom is -0.373 e. The van der Waals surface area contributed by atoms with E-state index in [0.29, 0.717) is 42.3 Å². The summed E-state index contributed by atoms with van der Waals surface area (Å²) in [5, 5.41) is 17.3. The summed E-state index contributed by atoms with van der Waals surface area (Å²) in [5.74, 6) is -0.575. The summed E-state index contributed by atoms with van der Waals surface area (Å²) in [6, 6.07) is 3.49. The number of nitrogens with zero attached hydrogens (tertiary/aromatic N) is 8. The first kappa shape index (κ1) is 29.0. The molecule has 3 heterocycles. The Morgan fingerprint density at radius 2 is 1.82 bits per heavy atom. The number of anilines is 3. The van der Waals surface area contributed by atoms with Crippen molar-refractivity contribution >= 4 is 23.0 Å². The molecule has 214 valence electrons. The van der Waals surface area contributed by atoms with Crippen molar-refractivity contribution in [1.82, 2.24) is 19.7 Å². The number of pyridine rings is 1. The van der Waals surface area contributed by atoms with E-state index in [-0.39, 0.29) is 17.3 Å². The van der Waals surface area contributed by atoms with Gasteiger partial charge in [-0.3, -0.25) is 14.5 Å². The second-order valence-corrected chi connectivity index (χ2v) is 10.3. The van der Waals surface area contributed by atoms with Crippen LogP contribution in [-0.4, -0.2) is 66.3 Å². The lowest BCUT2D eigenvalue weighted by atomic mass is 10.0. The number of hydrogen-bond acceptors (Lipinski definition) is 8. The molecule has 0 aliphatic carbocycles. The molecule has 1 aliphatic rings. The zero-order valence-electron chi connectivity index (χ0n) is 23.7. The molecule has 0 saturated heterocycles. The number of carbonyl (C=O) groups is 1. The Bertz CT molecular complexity index is 1430. The molecule has 0 saturated carbocycles. The SMILES string of the molecule is Cc1ncc(C(=O)Nc2cc(C(F)(F)F)cc(N(C)CCN(C)C)c2C)cc1N1CC(c2cnn(C)c2C)N=N1. The summed E-state index contributed by atoms with van der Waals surface area (Å²) in [6.07, 6.45) is -1.41. The first-order valence-electron chi connectivity index (χ1n) is 12.8. The minimum atomic E-state index is -4.58. The molecule has 10 nitrogen and oxygen atoms in total. The maximum Gasteiger partial charge on any atom is 0.416 e. The topological polar surface area (TPSA) is 94.2 Å². The molecule has 40 heavy (non-hydrogen) atoms. The quantitative estimate of drug-likeness (QED) is 0.422. The van der Waals surface area contributed by atoms with Crippen LogP contribution in [0.1, 0.15) is 44.5 Å². The average Bonchev–Trinajstić information content (AvgIpc) is 3.49. The van der Waals surface area contributed by atoms with Gasteiger partial charge in [0.1, 0.15) is 6.04 Å². The van der Waals surface area contributed by atoms with Crippen LogP contribution in [0.2, 0.25) is 0 Å². The second-order valence-electron chi connectivity index (χ2n) is 10.3. The Balaban J connectivity index is 1.59. The van der Waals surface area contributed by atoms with Crippen LogP contribution in [0.25, 0.3) is 0 Å². The largest absolute Gasteiger partial charge is 0.416 e. The standard InChI is InChI=1S/C27H34F3N9O/c1-16-22(11-20(27(28,29)30)12-24(16)37(6)9-8-36(4)5)33-26(40)19-10-25(17(2)31-13-19)39-15-23(34-35-39)21-14-32-38(7)18(21)3/h10-14,23H,8-9,15H2,1-7H3,(H,33,40). The molecule has 1 amide bonds. The number of carbonyl (C=O) groups excluding carboxylic acids is 1. The van der Waals surface area contributed by atoms with Gasteiger partial charge in [-0.05, 0) is 58.6 Å². The fraction of sp³-hybridized carbons (Fsp3) is 0.444. The van der Waals surface area contributed by atoms with E-state index in [2.05, 4.69) is 25.7 Å². The number of halogens is 3. The molecular weight excluding hydrogens is 523 g/mol. The summed E-state index contributed by atoms with van der Waals surface area (Å²) in [5.41, 5.74) is 3.53. The minimum absolute atomic E-state index is 0.0848. The van der Waals surface area contributed by atoms with Crippen molar-refractivity contribution < 1.29 is 18.0 Å². The zero-order chi connectivity index (χ0) is 29.4. The lowest BCUT2D eigenvalue weighted by Gasteiger charge is -2.26. The zero-order valence-corrected chi connectivity index (χ0v) is 23.7. The van der Waals surface area contributed by atoms with Gasteiger partial charge in [-0.15, -0.1) is 0 Å². The van der Waals surface area contributed by atoms with Gasteiger partial charge in [0, 0.05) is 56.0 Å². The highest BCUT2D eigenvalue weighted by molar-refractivity contribution is 6.05. The molecule has 4 rings (SSSR count). The average molecular weight is 558 g/mol. The van der Waals surface area contributed by atoms with E-state index in [9.17, 15) is 18.0 Å². The molecule has 1 aliphatic heterocycles. The van der Waals surface area contributed by atoms with E-state index in [1.807, 2.05) is 33.0 Å². The number of hydrogen-bond donors (Lipinski definition) is 1. The van der Waals surface area contributed by atoms with Crippen LogP contribution >= 0.6 is 0 Å². The number of aryl methyl sites for hydroxylation is 2. The summed E-state index contributed by atoms with van der Waals surface area (Å²) in [7, 11) is 7.38. The third kappa shape index (κ3) is 6.09. The molecule has 13 heteroatoms. The van der Waals surface area contributed by atoms with Crippen LogP contribution in [0.15, 0.2) is 40.9 Å². The summed E-state index contributed by atoms with van der Waals surface area (Å²) >= 11 is 0. The maximum atomic E-state index is 13.8. The van der Waals surface area contributed by atoms with Crippen molar-refractivity contribution in [3.63, 3.8) is 0 Å². The highest BCUT2D eigenvalue weighted by atomic mass is 19.4. The molecule has 3 aromatic rings. The lowest BCUT2D eigenvalue weighted by Crippen LogP contribution is -2.29. The Morgan fingerprint density at radius 3 is 2.45 bits per heavy atom. The van der Waals surface area contributed by atoms with Crippen LogP contribution in [-0.2, 0) is 13.2 Å². The normalized spacial score (nSPS) is 15.3. The van der Waals surface area contributed by atoms with Gasteiger partial charge in [0.2, 0.25) is 0 Å². The monoisotopic (exact) mass is 557 g/mol. The van der Waals surface area contributed by atoms with E-state index in [4.69, 9.17) is 0 Å². The van der Waals surface area contributed by atoms with E-state index < -0.39 is 17.6 Å². The predicted octanol–water partition coefficient (Wildman–Crippen LogP) is 4.94. The molecule has 2 aromatic heterocycles. The van der Waals surface area contributed by atoms with E-state index in [0.717, 1.165) is 23.4 Å². The Labute approximate surface area is 231 Å². The smallest absolute Gasteiger partial charge is 0.373 e. The van der Waals surface area contributed by atoms with Crippen molar-refractivity contribution in [3.8, 4) is 0 Å². The number of aromatic nitrogens is 3. The first-order valence-corrected chi connectivity index (χ1v) is 12.8. The molecule has 0 bridgehead atoms. The van der Waals surface area contributed by atoms with Crippen LogP contribution in [0.4, 0.5) is 30.2 Å². The number of likely N-dealkylation sites (N-methyl/N-ethyl adjacent to an activating group) is 2. The fourth-order valence-electron chi connectivity index (χ4n) is 4.47. The number of benzene rings is 1. The molecule has 0 fully saturated rings. The molecule has 0 radical (unpaired) electrons. The highest BCUT2D eigenvalue weighted by Crippen LogP contribution is 2.37. The molecular formula is C27H34F3N9O. The van der Waals surface area contributed by atoms with Crippen molar-refractivity contribution in [2.75, 3.05) is 56.0 Å². The van der Waals surface area contributed by atoms with Gasteiger partial charge >= 0.3 is 6.18 Å². The van der Waals surface area contributed by atoms with Crippen molar-refractivity contribution in [1.29, 1.82) is 0 Å². The van der Waals surface area contributed by atoms with Crippen LogP contribution in [0, 0.1) is 20.8 Å². The molecule has 1 N–H and O–H groups in total. The lowest BCUT2D eigenvalue weighted by molar-refractivity contribution is -0.137. The highest BCUT2D eigenvalue weighted by Gasteiger charge is 2.33. The van der Waals surface area contributed by atoms with Crippen molar-refractivity contribution in [2.45, 2.75) is 33.0 Å². The maximum absolute atomic E-state index is 13.8. The van der Waals surface area contributed by atoms with Crippen LogP contribution in [0.5, 0.6) is 0 Å². The summed E-state index contributed by atoms with van der Waals surface area (Å²) in [4.78, 5) is 21.4. The summed E-state index contributed by atoms with van der Waals surface area (Å²) in [6.45, 7) is 7.05. The van der Waals surface area contributed by atoms with Gasteiger partial charge in [-0.2, -0.15) is 23.4 Å². The van der Waals surface area contributed by atoms with E-state index >= 15 is 0 Å². The van der Waals surface area contributed by atoms with Gasteiger partial charge in [0.05, 0.1) is 35.2 Å². The predicted molar refractivity (Wildman–Crippen MR) is 148 cm³/mol. The van der Waals surface area contributed by atoms with E-state index in [1.54, 1.807) is 47.7 Å². The van der Waals surface area contributed by atoms with Gasteiger partial charge in [-0.1, -0.05) is 5.22 Å². The molecule has 1 aromatic carbocycles. The van der Waals surface area contributed by atoms with E-state index in [1.165, 1.54) is 6.20 Å². The van der Waals surface area contributed by atoms with Gasteiger partial charge < -0.3 is 15.1 Å². The number of rotatable bonds is 8. The van der Waals surface area contributed by atoms with Gasteiger partial charge in [0.25, 0.3) is 5.91 Å². The number of alkyl halides is 3. The molecule has 1 atom stereocenters. The number of nitrogens with one attached hydrogen (secondary N) is 1. The Kier molecular flexibility index (Phi) is 8.15. The Hall–Kier alpha value is -4.00. The second kappa shape index (κ2) is 11.2. The van der Waals surface area contributed by atoms with Crippen LogP contribution in [0.3, 0.4) is 0 Å². The third-order valence-corrected chi connectivity index (χ3v) is 7.13. The first-order chi connectivity index (χ1) is 18.8. The van der Waals surface area contributed by atoms with Gasteiger partial charge in [-0.25, -0.2) is 5.01 Å². The van der Waals surface area contributed by atoms with Crippen molar-refractivity contribution in [3.05, 3.63) is 64.2 Å². The fourth-order valence-corrected chi connectivity index (χ4v) is 4.47. The third-order valence-electron chi connectivity index (χ3n) is 7.13. The van der Waals surface area contributed by atoms with Crippen LogP contribution < -0.4 is 15.2 Å². The van der Waals surface area contributed by atoms with Gasteiger partial charge in [0.15, 0.2) is 0 Å².